The number of hydrogen-bond acceptors (Lipinski definition) is 8. The van der Waals surface area contributed by atoms with Crippen molar-refractivity contribution in [2.24, 2.45) is 11.1 Å². The monoisotopic (exact) mass is 571 g/mol. The van der Waals surface area contributed by atoms with Crippen LogP contribution in [0.15, 0.2) is 82.5 Å². The number of aromatic nitrogens is 2. The fourth-order valence-corrected chi connectivity index (χ4v) is 3.74. The van der Waals surface area contributed by atoms with Crippen LogP contribution in [-0.4, -0.2) is 28.9 Å². The Balaban J connectivity index is 1.32. The first kappa shape index (κ1) is 29.2. The van der Waals surface area contributed by atoms with Gasteiger partial charge in [0.25, 0.3) is 5.89 Å². The largest absolute Gasteiger partial charge is 0.484 e. The van der Waals surface area contributed by atoms with E-state index in [1.165, 1.54) is 31.4 Å². The van der Waals surface area contributed by atoms with Crippen molar-refractivity contribution in [1.29, 1.82) is 0 Å². The van der Waals surface area contributed by atoms with Crippen LogP contribution >= 0.6 is 0 Å². The number of rotatable bonds is 11. The predicted octanol–water partition coefficient (Wildman–Crippen LogP) is 6.40. The molecule has 1 aromatic heterocycles. The van der Waals surface area contributed by atoms with Crippen LogP contribution in [0.5, 0.6) is 5.75 Å². The number of hydrogen-bond donors (Lipinski definition) is 0. The van der Waals surface area contributed by atoms with Gasteiger partial charge < -0.3 is 18.8 Å². The summed E-state index contributed by atoms with van der Waals surface area (Å²) in [6.45, 7) is 1.71. The topological polar surface area (TPSA) is 96.0 Å². The van der Waals surface area contributed by atoms with E-state index in [2.05, 4.69) is 15.3 Å². The quantitative estimate of drug-likeness (QED) is 0.0890. The third-order valence-corrected chi connectivity index (χ3v) is 6.01. The van der Waals surface area contributed by atoms with Gasteiger partial charge in [0.2, 0.25) is 5.82 Å². The number of carbonyl (C=O) groups excluding carboxylic acids is 1. The molecule has 0 saturated heterocycles. The van der Waals surface area contributed by atoms with E-state index >= 15 is 0 Å². The third kappa shape index (κ3) is 8.13. The Labute approximate surface area is 232 Å². The minimum absolute atomic E-state index is 0.0606. The van der Waals surface area contributed by atoms with Crippen LogP contribution < -0.4 is 4.74 Å². The van der Waals surface area contributed by atoms with Gasteiger partial charge in [0.1, 0.15) is 24.1 Å². The van der Waals surface area contributed by atoms with Crippen LogP contribution in [-0.2, 0) is 40.2 Å². The van der Waals surface area contributed by atoms with Gasteiger partial charge in [-0.15, -0.1) is 0 Å². The van der Waals surface area contributed by atoms with E-state index in [1.54, 1.807) is 43.3 Å². The summed E-state index contributed by atoms with van der Waals surface area (Å²) in [6.07, 6.45) is -4.14. The van der Waals surface area contributed by atoms with Crippen molar-refractivity contribution in [2.45, 2.75) is 32.7 Å². The number of ether oxygens (including phenoxy) is 2. The third-order valence-electron chi connectivity index (χ3n) is 6.01. The highest BCUT2D eigenvalue weighted by molar-refractivity contribution is 6.00. The van der Waals surface area contributed by atoms with E-state index < -0.39 is 23.6 Å². The molecule has 0 spiro atoms. The highest BCUT2D eigenvalue weighted by Gasteiger charge is 2.30. The number of alkyl halides is 3. The maximum Gasteiger partial charge on any atom is 0.416 e. The second kappa shape index (κ2) is 13.1. The van der Waals surface area contributed by atoms with Crippen LogP contribution in [0.3, 0.4) is 0 Å². The maximum absolute atomic E-state index is 13.1. The van der Waals surface area contributed by atoms with Gasteiger partial charge in [-0.05, 0) is 60.9 Å². The molecule has 1 atom stereocenters. The molecule has 0 aliphatic heterocycles. The number of methoxy groups -OCH3 is 1. The Hall–Kier alpha value is -4.74. The normalized spacial score (nSPS) is 12.6. The molecule has 0 bridgehead atoms. The second-order valence-corrected chi connectivity index (χ2v) is 8.93. The summed E-state index contributed by atoms with van der Waals surface area (Å²) in [6, 6.07) is 17.2. The zero-order valence-electron chi connectivity index (χ0n) is 22.0. The standard InChI is InChI=1S/C29H25F4N3O5/c1-18(35-40-16-20-3-11-23(30)12-4-20)25(28(37)38-2)15-19-5-13-24(14-6-19)39-17-26-34-27(36-41-26)21-7-9-22(10-8-21)29(31,32)33/h3-14,25H,15-17H2,1-2H3/b35-18+. The van der Waals surface area contributed by atoms with Crippen molar-refractivity contribution in [1.82, 2.24) is 10.1 Å². The molecular weight excluding hydrogens is 546 g/mol. The molecule has 4 rings (SSSR count). The Morgan fingerprint density at radius 3 is 2.24 bits per heavy atom. The van der Waals surface area contributed by atoms with Gasteiger partial charge >= 0.3 is 12.1 Å². The van der Waals surface area contributed by atoms with Crippen molar-refractivity contribution in [2.75, 3.05) is 7.11 Å². The smallest absolute Gasteiger partial charge is 0.416 e. The fraction of sp³-hybridized carbons (Fsp3) is 0.241. The van der Waals surface area contributed by atoms with Crippen molar-refractivity contribution in [3.05, 3.63) is 101 Å². The molecule has 41 heavy (non-hydrogen) atoms. The lowest BCUT2D eigenvalue weighted by molar-refractivity contribution is -0.143. The summed E-state index contributed by atoms with van der Waals surface area (Å²) in [5, 5.41) is 7.84. The van der Waals surface area contributed by atoms with E-state index in [4.69, 9.17) is 18.8 Å². The average molecular weight is 572 g/mol. The average Bonchev–Trinajstić information content (AvgIpc) is 3.45. The minimum Gasteiger partial charge on any atom is -0.484 e. The summed E-state index contributed by atoms with van der Waals surface area (Å²) in [4.78, 5) is 21.9. The number of oxime groups is 1. The molecule has 0 amide bonds. The number of carbonyl (C=O) groups is 1. The Morgan fingerprint density at radius 2 is 1.61 bits per heavy atom. The van der Waals surface area contributed by atoms with Crippen LogP contribution in [0.25, 0.3) is 11.4 Å². The molecular formula is C29H25F4N3O5. The van der Waals surface area contributed by atoms with Crippen molar-refractivity contribution in [3.8, 4) is 17.1 Å². The first-order chi connectivity index (χ1) is 19.6. The molecule has 1 unspecified atom stereocenters. The van der Waals surface area contributed by atoms with E-state index in [9.17, 15) is 22.4 Å². The summed E-state index contributed by atoms with van der Waals surface area (Å²) >= 11 is 0. The Kier molecular flexibility index (Phi) is 9.33. The second-order valence-electron chi connectivity index (χ2n) is 8.93. The SMILES string of the molecule is COC(=O)C(Cc1ccc(OCc2nc(-c3ccc(C(F)(F)F)cc3)no2)cc1)/C(C)=N/OCc1ccc(F)cc1. The number of nitrogens with zero attached hydrogens (tertiary/aromatic N) is 3. The Morgan fingerprint density at radius 1 is 0.951 bits per heavy atom. The zero-order chi connectivity index (χ0) is 29.4. The van der Waals surface area contributed by atoms with E-state index in [-0.39, 0.29) is 30.7 Å². The summed E-state index contributed by atoms with van der Waals surface area (Å²) < 4.78 is 67.1. The molecule has 8 nitrogen and oxygen atoms in total. The molecule has 4 aromatic rings. The molecule has 0 fully saturated rings. The van der Waals surface area contributed by atoms with Gasteiger partial charge in [-0.3, -0.25) is 4.79 Å². The molecule has 0 aliphatic rings. The van der Waals surface area contributed by atoms with Crippen LogP contribution in [0.4, 0.5) is 17.6 Å². The maximum atomic E-state index is 13.1. The highest BCUT2D eigenvalue weighted by Crippen LogP contribution is 2.30. The van der Waals surface area contributed by atoms with E-state index in [0.717, 1.165) is 23.3 Å². The van der Waals surface area contributed by atoms with E-state index in [1.807, 2.05) is 0 Å². The van der Waals surface area contributed by atoms with Crippen molar-refractivity contribution < 1.29 is 41.2 Å². The Bertz CT molecular complexity index is 1470. The lowest BCUT2D eigenvalue weighted by Crippen LogP contribution is -2.26. The summed E-state index contributed by atoms with van der Waals surface area (Å²) in [7, 11) is 1.29. The number of benzene rings is 3. The van der Waals surface area contributed by atoms with Crippen LogP contribution in [0.1, 0.15) is 29.5 Å². The molecule has 12 heteroatoms. The summed E-state index contributed by atoms with van der Waals surface area (Å²) in [5.41, 5.74) is 1.55. The first-order valence-corrected chi connectivity index (χ1v) is 12.3. The van der Waals surface area contributed by atoms with Gasteiger partial charge in [-0.2, -0.15) is 18.2 Å². The van der Waals surface area contributed by atoms with Gasteiger partial charge in [0.05, 0.1) is 18.4 Å². The minimum atomic E-state index is -4.43. The number of halogens is 4. The fourth-order valence-electron chi connectivity index (χ4n) is 3.74. The van der Waals surface area contributed by atoms with Gasteiger partial charge in [-0.25, -0.2) is 4.39 Å². The van der Waals surface area contributed by atoms with Crippen LogP contribution in [0.2, 0.25) is 0 Å². The first-order valence-electron chi connectivity index (χ1n) is 12.3. The molecule has 0 radical (unpaired) electrons. The highest BCUT2D eigenvalue weighted by atomic mass is 19.4. The lowest BCUT2D eigenvalue weighted by atomic mass is 9.95. The van der Waals surface area contributed by atoms with E-state index in [0.29, 0.717) is 23.4 Å². The van der Waals surface area contributed by atoms with Gasteiger partial charge in [-0.1, -0.05) is 46.7 Å². The molecule has 0 N–H and O–H groups in total. The van der Waals surface area contributed by atoms with Crippen LogP contribution in [0, 0.1) is 11.7 Å². The van der Waals surface area contributed by atoms with Gasteiger partial charge in [0, 0.05) is 5.56 Å². The molecule has 3 aromatic carbocycles. The van der Waals surface area contributed by atoms with Gasteiger partial charge in [0.15, 0.2) is 6.61 Å². The molecule has 0 saturated carbocycles. The number of esters is 1. The zero-order valence-corrected chi connectivity index (χ0v) is 22.0. The molecule has 1 heterocycles. The summed E-state index contributed by atoms with van der Waals surface area (Å²) in [5.74, 6) is -0.747. The predicted molar refractivity (Wildman–Crippen MR) is 139 cm³/mol. The van der Waals surface area contributed by atoms with Crippen molar-refractivity contribution in [3.63, 3.8) is 0 Å². The molecule has 0 aliphatic carbocycles. The molecule has 214 valence electrons. The van der Waals surface area contributed by atoms with Crippen molar-refractivity contribution >= 4 is 11.7 Å². The lowest BCUT2D eigenvalue weighted by Gasteiger charge is -2.15.